The summed E-state index contributed by atoms with van der Waals surface area (Å²) in [4.78, 5) is 24.9. The van der Waals surface area contributed by atoms with Gasteiger partial charge in [-0.2, -0.15) is 0 Å². The Bertz CT molecular complexity index is 521. The highest BCUT2D eigenvalue weighted by Gasteiger charge is 2.34. The molecule has 1 aromatic carbocycles. The molecule has 6 heteroatoms. The van der Waals surface area contributed by atoms with Gasteiger partial charge >= 0.3 is 5.97 Å². The second-order valence-corrected chi connectivity index (χ2v) is 5.43. The highest BCUT2D eigenvalue weighted by atomic mass is 35.5. The number of carboxylic acid groups (broad SMARTS) is 1. The molecule has 108 valence electrons. The summed E-state index contributed by atoms with van der Waals surface area (Å²) in [5, 5.41) is 12.6. The molecular weight excluding hydrogens is 280 g/mol. The van der Waals surface area contributed by atoms with E-state index in [1.807, 2.05) is 6.92 Å². The molecule has 1 fully saturated rings. The molecule has 2 unspecified atom stereocenters. The number of carbonyl (C=O) groups is 2. The number of anilines is 1. The molecule has 2 rings (SSSR count). The lowest BCUT2D eigenvalue weighted by molar-refractivity contribution is -0.137. The molecular formula is C14H17ClN2O3. The molecule has 1 aliphatic heterocycles. The van der Waals surface area contributed by atoms with E-state index in [0.717, 1.165) is 13.0 Å². The Morgan fingerprint density at radius 2 is 2.25 bits per heavy atom. The summed E-state index contributed by atoms with van der Waals surface area (Å²) >= 11 is 5.92. The van der Waals surface area contributed by atoms with Crippen LogP contribution in [0.15, 0.2) is 24.3 Å². The SMILES string of the molecule is CC1CCNC1C(=O)N(CC(=O)O)c1cccc(Cl)c1. The van der Waals surface area contributed by atoms with E-state index >= 15 is 0 Å². The van der Waals surface area contributed by atoms with E-state index in [1.165, 1.54) is 4.90 Å². The molecule has 0 aliphatic carbocycles. The summed E-state index contributed by atoms with van der Waals surface area (Å²) in [6, 6.07) is 6.33. The maximum atomic E-state index is 12.6. The molecule has 1 saturated heterocycles. The van der Waals surface area contributed by atoms with Crippen LogP contribution in [-0.4, -0.2) is 36.1 Å². The molecule has 5 nitrogen and oxygen atoms in total. The molecule has 0 bridgehead atoms. The number of hydrogen-bond acceptors (Lipinski definition) is 3. The lowest BCUT2D eigenvalue weighted by Gasteiger charge is -2.26. The van der Waals surface area contributed by atoms with Crippen LogP contribution >= 0.6 is 11.6 Å². The fourth-order valence-corrected chi connectivity index (χ4v) is 2.59. The van der Waals surface area contributed by atoms with E-state index in [0.29, 0.717) is 10.7 Å². The summed E-state index contributed by atoms with van der Waals surface area (Å²) in [6.45, 7) is 2.39. The van der Waals surface area contributed by atoms with Crippen LogP contribution in [0.1, 0.15) is 13.3 Å². The number of carbonyl (C=O) groups excluding carboxylic acids is 1. The molecule has 1 heterocycles. The Morgan fingerprint density at radius 1 is 1.50 bits per heavy atom. The van der Waals surface area contributed by atoms with Crippen molar-refractivity contribution in [2.75, 3.05) is 18.0 Å². The van der Waals surface area contributed by atoms with Gasteiger partial charge in [-0.25, -0.2) is 0 Å². The smallest absolute Gasteiger partial charge is 0.323 e. The van der Waals surface area contributed by atoms with Crippen molar-refractivity contribution in [2.45, 2.75) is 19.4 Å². The lowest BCUT2D eigenvalue weighted by Crippen LogP contribution is -2.48. The number of amides is 1. The van der Waals surface area contributed by atoms with Gasteiger partial charge in [0.25, 0.3) is 0 Å². The number of rotatable bonds is 4. The van der Waals surface area contributed by atoms with Crippen LogP contribution < -0.4 is 10.2 Å². The quantitative estimate of drug-likeness (QED) is 0.888. The molecule has 2 atom stereocenters. The number of aliphatic carboxylic acids is 1. The summed E-state index contributed by atoms with van der Waals surface area (Å²) in [7, 11) is 0. The minimum atomic E-state index is -1.05. The van der Waals surface area contributed by atoms with Crippen LogP contribution in [0.25, 0.3) is 0 Å². The first-order valence-corrected chi connectivity index (χ1v) is 6.89. The van der Waals surface area contributed by atoms with E-state index < -0.39 is 5.97 Å². The van der Waals surface area contributed by atoms with Crippen LogP contribution in [0, 0.1) is 5.92 Å². The topological polar surface area (TPSA) is 69.6 Å². The normalized spacial score (nSPS) is 21.7. The van der Waals surface area contributed by atoms with Gasteiger partial charge in [0.15, 0.2) is 0 Å². The van der Waals surface area contributed by atoms with Gasteiger partial charge in [-0.1, -0.05) is 24.6 Å². The van der Waals surface area contributed by atoms with Crippen molar-refractivity contribution in [2.24, 2.45) is 5.92 Å². The third-order valence-electron chi connectivity index (χ3n) is 3.48. The Balaban J connectivity index is 2.27. The molecule has 1 aliphatic rings. The van der Waals surface area contributed by atoms with Gasteiger partial charge in [0.05, 0.1) is 6.04 Å². The number of nitrogens with one attached hydrogen (secondary N) is 1. The third-order valence-corrected chi connectivity index (χ3v) is 3.71. The lowest BCUT2D eigenvalue weighted by atomic mass is 10.0. The third kappa shape index (κ3) is 3.29. The second-order valence-electron chi connectivity index (χ2n) is 5.00. The minimum absolute atomic E-state index is 0.193. The maximum Gasteiger partial charge on any atom is 0.323 e. The molecule has 0 saturated carbocycles. The molecule has 1 amide bonds. The Morgan fingerprint density at radius 3 is 2.80 bits per heavy atom. The predicted octanol–water partition coefficient (Wildman–Crippen LogP) is 1.76. The van der Waals surface area contributed by atoms with E-state index in [4.69, 9.17) is 16.7 Å². The van der Waals surface area contributed by atoms with Gasteiger partial charge in [0.2, 0.25) is 5.91 Å². The average molecular weight is 297 g/mol. The number of halogens is 1. The monoisotopic (exact) mass is 296 g/mol. The highest BCUT2D eigenvalue weighted by Crippen LogP contribution is 2.23. The Kier molecular flexibility index (Phi) is 4.62. The van der Waals surface area contributed by atoms with Crippen LogP contribution in [-0.2, 0) is 9.59 Å². The first-order valence-electron chi connectivity index (χ1n) is 6.51. The van der Waals surface area contributed by atoms with Crippen molar-refractivity contribution in [1.29, 1.82) is 0 Å². The van der Waals surface area contributed by atoms with Crippen molar-refractivity contribution in [3.05, 3.63) is 29.3 Å². The van der Waals surface area contributed by atoms with Gasteiger partial charge < -0.3 is 10.4 Å². The predicted molar refractivity (Wildman–Crippen MR) is 77.0 cm³/mol. The molecule has 2 N–H and O–H groups in total. The van der Waals surface area contributed by atoms with Crippen molar-refractivity contribution in [3.8, 4) is 0 Å². The molecule has 0 spiro atoms. The fourth-order valence-electron chi connectivity index (χ4n) is 2.41. The summed E-state index contributed by atoms with van der Waals surface area (Å²) in [5.41, 5.74) is 0.505. The number of benzene rings is 1. The average Bonchev–Trinajstić information content (AvgIpc) is 2.81. The minimum Gasteiger partial charge on any atom is -0.480 e. The van der Waals surface area contributed by atoms with Crippen LogP contribution in [0.3, 0.4) is 0 Å². The summed E-state index contributed by atoms with van der Waals surface area (Å²) in [5.74, 6) is -1.08. The zero-order chi connectivity index (χ0) is 14.7. The van der Waals surface area contributed by atoms with Crippen molar-refractivity contribution < 1.29 is 14.7 Å². The summed E-state index contributed by atoms with van der Waals surface area (Å²) in [6.07, 6.45) is 0.910. The number of carboxylic acids is 1. The maximum absolute atomic E-state index is 12.6. The van der Waals surface area contributed by atoms with Crippen molar-refractivity contribution in [1.82, 2.24) is 5.32 Å². The van der Waals surface area contributed by atoms with Crippen LogP contribution in [0.5, 0.6) is 0 Å². The van der Waals surface area contributed by atoms with Crippen molar-refractivity contribution >= 4 is 29.2 Å². The first kappa shape index (κ1) is 14.8. The zero-order valence-electron chi connectivity index (χ0n) is 11.2. The summed E-state index contributed by atoms with van der Waals surface area (Å²) < 4.78 is 0. The Hall–Kier alpha value is -1.59. The Labute approximate surface area is 122 Å². The number of hydrogen-bond donors (Lipinski definition) is 2. The molecule has 0 aromatic heterocycles. The first-order chi connectivity index (χ1) is 9.49. The fraction of sp³-hybridized carbons (Fsp3) is 0.429. The van der Waals surface area contributed by atoms with Gasteiger partial charge in [0.1, 0.15) is 6.54 Å². The van der Waals surface area contributed by atoms with Crippen LogP contribution in [0.2, 0.25) is 5.02 Å². The van der Waals surface area contributed by atoms with Crippen molar-refractivity contribution in [3.63, 3.8) is 0 Å². The van der Waals surface area contributed by atoms with Gasteiger partial charge in [-0.05, 0) is 37.1 Å². The van der Waals surface area contributed by atoms with Crippen LogP contribution in [0.4, 0.5) is 5.69 Å². The van der Waals surface area contributed by atoms with Gasteiger partial charge in [0, 0.05) is 10.7 Å². The zero-order valence-corrected chi connectivity index (χ0v) is 11.9. The molecule has 0 radical (unpaired) electrons. The van der Waals surface area contributed by atoms with Gasteiger partial charge in [-0.15, -0.1) is 0 Å². The van der Waals surface area contributed by atoms with E-state index in [2.05, 4.69) is 5.32 Å². The number of nitrogens with zero attached hydrogens (tertiary/aromatic N) is 1. The molecule has 1 aromatic rings. The molecule has 20 heavy (non-hydrogen) atoms. The van der Waals surface area contributed by atoms with Gasteiger partial charge in [-0.3, -0.25) is 14.5 Å². The van der Waals surface area contributed by atoms with E-state index in [9.17, 15) is 9.59 Å². The largest absolute Gasteiger partial charge is 0.480 e. The van der Waals surface area contributed by atoms with E-state index in [-0.39, 0.29) is 24.4 Å². The standard InChI is InChI=1S/C14H17ClN2O3/c1-9-5-6-16-13(9)14(20)17(8-12(18)19)11-4-2-3-10(15)7-11/h2-4,7,9,13,16H,5-6,8H2,1H3,(H,18,19). The second kappa shape index (κ2) is 6.24. The van der Waals surface area contributed by atoms with E-state index in [1.54, 1.807) is 24.3 Å². The highest BCUT2D eigenvalue weighted by molar-refractivity contribution is 6.31.